The van der Waals surface area contributed by atoms with E-state index in [1.807, 2.05) is 55.5 Å². The van der Waals surface area contributed by atoms with Crippen molar-refractivity contribution in [2.75, 3.05) is 19.1 Å². The number of benzene rings is 1. The Kier molecular flexibility index (Phi) is 3.66. The summed E-state index contributed by atoms with van der Waals surface area (Å²) in [5.41, 5.74) is 2.09. The molecule has 0 aliphatic carbocycles. The molecule has 0 aromatic heterocycles. The van der Waals surface area contributed by atoms with Crippen LogP contribution in [0.15, 0.2) is 47.2 Å². The zero-order valence-corrected chi connectivity index (χ0v) is 12.7. The Morgan fingerprint density at radius 2 is 1.75 bits per heavy atom. The minimum Gasteiger partial charge on any atom is -0.383 e. The molecule has 20 heavy (non-hydrogen) atoms. The highest BCUT2D eigenvalue weighted by atomic mass is 16.2. The fraction of sp³-hybridized carbons (Fsp3) is 0.375. The Labute approximate surface area is 120 Å². The molecule has 0 fully saturated rings. The molecule has 0 spiro atoms. The summed E-state index contributed by atoms with van der Waals surface area (Å²) in [6.07, 6.45) is 1.84. The van der Waals surface area contributed by atoms with Crippen molar-refractivity contribution in [3.8, 4) is 0 Å². The first kappa shape index (κ1) is 14.3. The van der Waals surface area contributed by atoms with Crippen molar-refractivity contribution in [2.45, 2.75) is 20.8 Å². The first-order valence-electron chi connectivity index (χ1n) is 6.68. The normalized spacial score (nSPS) is 17.6. The molecule has 0 radical (unpaired) electrons. The number of para-hydroxylation sites is 1. The minimum atomic E-state index is -0.180. The predicted octanol–water partition coefficient (Wildman–Crippen LogP) is 2.88. The van der Waals surface area contributed by atoms with Gasteiger partial charge in [-0.1, -0.05) is 39.0 Å². The first-order valence-corrected chi connectivity index (χ1v) is 6.68. The molecular weight excluding hydrogens is 250 g/mol. The number of anilines is 1. The van der Waals surface area contributed by atoms with Crippen molar-refractivity contribution in [3.05, 3.63) is 42.1 Å². The molecule has 1 aliphatic heterocycles. The summed E-state index contributed by atoms with van der Waals surface area (Å²) in [6, 6.07) is 9.51. The Morgan fingerprint density at radius 1 is 1.15 bits per heavy atom. The van der Waals surface area contributed by atoms with Crippen LogP contribution in [-0.4, -0.2) is 30.6 Å². The lowest BCUT2D eigenvalue weighted by Gasteiger charge is -2.18. The van der Waals surface area contributed by atoms with Gasteiger partial charge in [0.2, 0.25) is 0 Å². The van der Waals surface area contributed by atoms with Crippen molar-refractivity contribution in [1.29, 1.82) is 0 Å². The third kappa shape index (κ3) is 2.74. The lowest BCUT2D eigenvalue weighted by atomic mass is 9.86. The van der Waals surface area contributed by atoms with Crippen molar-refractivity contribution >= 4 is 17.3 Å². The van der Waals surface area contributed by atoms with E-state index in [1.54, 1.807) is 0 Å². The quantitative estimate of drug-likeness (QED) is 0.775. The molecule has 1 aromatic carbocycles. The zero-order chi connectivity index (χ0) is 14.9. The van der Waals surface area contributed by atoms with E-state index in [1.165, 1.54) is 5.01 Å². The van der Waals surface area contributed by atoms with Gasteiger partial charge in [-0.2, -0.15) is 10.1 Å². The molecule has 4 nitrogen and oxygen atoms in total. The lowest BCUT2D eigenvalue weighted by Crippen LogP contribution is -2.25. The van der Waals surface area contributed by atoms with Crippen LogP contribution >= 0.6 is 0 Å². The van der Waals surface area contributed by atoms with Crippen LogP contribution in [0.3, 0.4) is 0 Å². The summed E-state index contributed by atoms with van der Waals surface area (Å²) < 4.78 is 0. The molecule has 1 aliphatic rings. The van der Waals surface area contributed by atoms with Crippen molar-refractivity contribution in [3.63, 3.8) is 0 Å². The summed E-state index contributed by atoms with van der Waals surface area (Å²) in [4.78, 5) is 14.5. The Bertz CT molecular complexity index is 565. The molecule has 0 saturated carbocycles. The smallest absolute Gasteiger partial charge is 0.282 e. The highest BCUT2D eigenvalue weighted by Gasteiger charge is 2.37. The van der Waals surface area contributed by atoms with Gasteiger partial charge < -0.3 is 4.90 Å². The standard InChI is InChI=1S/C16H21N3O/c1-16(2,3)14-13(11-18(4)5)15(20)19(17-14)12-9-7-6-8-10-12/h6-11H,1-5H3/b13-11-. The van der Waals surface area contributed by atoms with Gasteiger partial charge in [-0.25, -0.2) is 0 Å². The number of hydrogen-bond acceptors (Lipinski definition) is 3. The number of carbonyl (C=O) groups excluding carboxylic acids is 1. The van der Waals surface area contributed by atoms with Gasteiger partial charge in [-0.3, -0.25) is 4.79 Å². The first-order chi connectivity index (χ1) is 9.30. The Hall–Kier alpha value is -2.10. The molecule has 1 amide bonds. The van der Waals surface area contributed by atoms with Crippen LogP contribution in [0.1, 0.15) is 20.8 Å². The molecule has 1 aromatic rings. The van der Waals surface area contributed by atoms with Crippen molar-refractivity contribution < 1.29 is 4.79 Å². The monoisotopic (exact) mass is 271 g/mol. The summed E-state index contributed by atoms with van der Waals surface area (Å²) in [7, 11) is 3.82. The third-order valence-electron chi connectivity index (χ3n) is 2.98. The third-order valence-corrected chi connectivity index (χ3v) is 2.98. The average molecular weight is 271 g/mol. The van der Waals surface area contributed by atoms with Crippen LogP contribution in [0.5, 0.6) is 0 Å². The van der Waals surface area contributed by atoms with E-state index in [2.05, 4.69) is 25.9 Å². The van der Waals surface area contributed by atoms with E-state index in [4.69, 9.17) is 0 Å². The van der Waals surface area contributed by atoms with Gasteiger partial charge in [0, 0.05) is 25.7 Å². The number of rotatable bonds is 2. The van der Waals surface area contributed by atoms with Crippen LogP contribution in [0.2, 0.25) is 0 Å². The number of hydrazone groups is 1. The molecule has 0 unspecified atom stereocenters. The predicted molar refractivity (Wildman–Crippen MR) is 82.6 cm³/mol. The molecule has 4 heteroatoms. The summed E-state index contributed by atoms with van der Waals surface area (Å²) in [5.74, 6) is -0.0742. The molecule has 106 valence electrons. The van der Waals surface area contributed by atoms with E-state index in [0.29, 0.717) is 5.57 Å². The molecule has 1 heterocycles. The maximum atomic E-state index is 12.6. The van der Waals surface area contributed by atoms with Crippen LogP contribution in [-0.2, 0) is 4.79 Å². The maximum Gasteiger partial charge on any atom is 0.282 e. The zero-order valence-electron chi connectivity index (χ0n) is 12.7. The fourth-order valence-corrected chi connectivity index (χ4v) is 2.09. The van der Waals surface area contributed by atoms with E-state index in [9.17, 15) is 4.79 Å². The second-order valence-corrected chi connectivity index (χ2v) is 6.16. The van der Waals surface area contributed by atoms with Crippen molar-refractivity contribution in [2.24, 2.45) is 10.5 Å². The van der Waals surface area contributed by atoms with Gasteiger partial charge >= 0.3 is 0 Å². The maximum absolute atomic E-state index is 12.6. The van der Waals surface area contributed by atoms with Crippen molar-refractivity contribution in [1.82, 2.24) is 4.90 Å². The summed E-state index contributed by atoms with van der Waals surface area (Å²) in [5, 5.41) is 6.03. The summed E-state index contributed by atoms with van der Waals surface area (Å²) >= 11 is 0. The highest BCUT2D eigenvalue weighted by Crippen LogP contribution is 2.31. The highest BCUT2D eigenvalue weighted by molar-refractivity contribution is 6.31. The van der Waals surface area contributed by atoms with Gasteiger partial charge in [0.15, 0.2) is 0 Å². The van der Waals surface area contributed by atoms with Gasteiger partial charge in [0.05, 0.1) is 17.0 Å². The topological polar surface area (TPSA) is 35.9 Å². The fourth-order valence-electron chi connectivity index (χ4n) is 2.09. The largest absolute Gasteiger partial charge is 0.383 e. The van der Waals surface area contributed by atoms with Gasteiger partial charge in [-0.15, -0.1) is 0 Å². The SMILES string of the molecule is CN(C)/C=C1\C(=O)N(c2ccccc2)N=C1C(C)(C)C. The molecule has 0 bridgehead atoms. The molecular formula is C16H21N3O. The average Bonchev–Trinajstić information content (AvgIpc) is 2.67. The molecule has 2 rings (SSSR count). The van der Waals surface area contributed by atoms with Crippen LogP contribution in [0, 0.1) is 5.41 Å². The lowest BCUT2D eigenvalue weighted by molar-refractivity contribution is -0.114. The van der Waals surface area contributed by atoms with Crippen LogP contribution in [0.25, 0.3) is 0 Å². The second-order valence-electron chi connectivity index (χ2n) is 6.16. The van der Waals surface area contributed by atoms with E-state index in [0.717, 1.165) is 11.4 Å². The molecule has 0 atom stereocenters. The Balaban J connectivity index is 2.49. The number of nitrogens with zero attached hydrogens (tertiary/aromatic N) is 3. The second kappa shape index (κ2) is 5.12. The molecule has 0 N–H and O–H groups in total. The van der Waals surface area contributed by atoms with Crippen LogP contribution in [0.4, 0.5) is 5.69 Å². The Morgan fingerprint density at radius 3 is 2.25 bits per heavy atom. The van der Waals surface area contributed by atoms with E-state index < -0.39 is 0 Å². The van der Waals surface area contributed by atoms with Gasteiger partial charge in [0.1, 0.15) is 0 Å². The number of amides is 1. The molecule has 0 saturated heterocycles. The summed E-state index contributed by atoms with van der Waals surface area (Å²) in [6.45, 7) is 6.20. The van der Waals surface area contributed by atoms with E-state index >= 15 is 0 Å². The van der Waals surface area contributed by atoms with Crippen LogP contribution < -0.4 is 5.01 Å². The van der Waals surface area contributed by atoms with Gasteiger partial charge in [-0.05, 0) is 12.1 Å². The van der Waals surface area contributed by atoms with Gasteiger partial charge in [0.25, 0.3) is 5.91 Å². The minimum absolute atomic E-state index is 0.0742. The van der Waals surface area contributed by atoms with E-state index in [-0.39, 0.29) is 11.3 Å². The number of hydrogen-bond donors (Lipinski definition) is 0. The number of carbonyl (C=O) groups is 1.